The summed E-state index contributed by atoms with van der Waals surface area (Å²) in [6, 6.07) is 21.5. The second-order valence-corrected chi connectivity index (χ2v) is 11.0. The molecular formula is C22H27CuLiNOSi. The van der Waals surface area contributed by atoms with E-state index in [0.717, 1.165) is 6.42 Å². The predicted molar refractivity (Wildman–Crippen MR) is 112 cm³/mol. The summed E-state index contributed by atoms with van der Waals surface area (Å²) in [5.41, 5.74) is 0. The fourth-order valence-corrected chi connectivity index (χ4v) is 7.62. The fraction of sp³-hybridized carbons (Fsp3) is 0.318. The largest absolute Gasteiger partial charge is 2.00 e. The summed E-state index contributed by atoms with van der Waals surface area (Å²) < 4.78 is 6.69. The third-order valence-electron chi connectivity index (χ3n) is 4.15. The molecule has 0 heterocycles. The van der Waals surface area contributed by atoms with Crippen molar-refractivity contribution in [2.24, 2.45) is 0 Å². The van der Waals surface area contributed by atoms with Crippen LogP contribution in [0.15, 0.2) is 66.7 Å². The van der Waals surface area contributed by atoms with E-state index in [9.17, 15) is 0 Å². The van der Waals surface area contributed by atoms with Gasteiger partial charge in [0, 0.05) is 25.5 Å². The van der Waals surface area contributed by atoms with Gasteiger partial charge in [0.2, 0.25) is 0 Å². The number of hydrogen-bond acceptors (Lipinski definition) is 2. The smallest absolute Gasteiger partial charge is 0.512 e. The Morgan fingerprint density at radius 3 is 1.70 bits per heavy atom. The molecule has 0 fully saturated rings. The first-order valence-corrected chi connectivity index (χ1v) is 10.5. The zero-order valence-electron chi connectivity index (χ0n) is 16.9. The molecule has 142 valence electrons. The Labute approximate surface area is 188 Å². The molecule has 0 bridgehead atoms. The molecule has 0 saturated carbocycles. The van der Waals surface area contributed by atoms with Gasteiger partial charge in [-0.3, -0.25) is 0 Å². The maximum atomic E-state index is 6.69. The standard InChI is InChI=1S/C21H27OSi.CN.Cu.Li/c1-5-6-13-18-22-23(21(2,3)4,19-14-9-7-10-15-19)20-16-11-8-12-17-20;1-2;;/h7-17H,5,18H2,1-4H3;;;/q2*-1;+2;. The van der Waals surface area contributed by atoms with Crippen molar-refractivity contribution in [3.8, 4) is 0 Å². The Hall–Kier alpha value is -1.04. The van der Waals surface area contributed by atoms with E-state index in [0.29, 0.717) is 6.61 Å². The van der Waals surface area contributed by atoms with Gasteiger partial charge in [-0.25, -0.2) is 6.08 Å². The summed E-state index contributed by atoms with van der Waals surface area (Å²) in [6.07, 6.45) is 6.20. The molecule has 0 aliphatic rings. The minimum absolute atomic E-state index is 0. The summed E-state index contributed by atoms with van der Waals surface area (Å²) in [5.74, 6) is 0. The molecule has 2 radical (unpaired) electrons. The summed E-state index contributed by atoms with van der Waals surface area (Å²) in [4.78, 5) is 0. The van der Waals surface area contributed by atoms with Crippen LogP contribution in [0.1, 0.15) is 34.1 Å². The molecule has 5 heteroatoms. The van der Waals surface area contributed by atoms with Gasteiger partial charge >= 0.3 is 17.1 Å². The predicted octanol–water partition coefficient (Wildman–Crippen LogP) is 4.05. The number of rotatable bonds is 6. The molecule has 0 aliphatic carbocycles. The first kappa shape index (κ1) is 28.2. The minimum atomic E-state index is -2.37. The first-order chi connectivity index (χ1) is 12.0. The Balaban J connectivity index is 0. The van der Waals surface area contributed by atoms with Crippen molar-refractivity contribution < 1.29 is 21.5 Å². The molecule has 0 spiro atoms. The number of hydrogen-bond donors (Lipinski definition) is 0. The van der Waals surface area contributed by atoms with E-state index >= 15 is 0 Å². The zero-order valence-corrected chi connectivity index (χ0v) is 18.9. The van der Waals surface area contributed by atoms with Crippen LogP contribution in [0.2, 0.25) is 5.04 Å². The summed E-state index contributed by atoms with van der Waals surface area (Å²) in [5, 5.41) is 8.93. The van der Waals surface area contributed by atoms with Gasteiger partial charge in [-0.1, -0.05) is 88.4 Å². The topological polar surface area (TPSA) is 33.0 Å². The normalized spacial score (nSPS) is 10.9. The van der Waals surface area contributed by atoms with E-state index in [1.807, 2.05) is 6.08 Å². The Kier molecular flexibility index (Phi) is 14.6. The van der Waals surface area contributed by atoms with Gasteiger partial charge in [-0.2, -0.15) is 6.42 Å². The first-order valence-electron chi connectivity index (χ1n) is 8.55. The Bertz CT molecular complexity index is 629. The summed E-state index contributed by atoms with van der Waals surface area (Å²) >= 11 is 0. The number of nitrogens with zero attached hydrogens (tertiary/aromatic N) is 1. The molecule has 0 saturated heterocycles. The van der Waals surface area contributed by atoms with Crippen LogP contribution in [0.3, 0.4) is 0 Å². The maximum absolute atomic E-state index is 6.69. The average molecular weight is 420 g/mol. The van der Waals surface area contributed by atoms with Crippen molar-refractivity contribution in [2.45, 2.75) is 39.2 Å². The van der Waals surface area contributed by atoms with Crippen LogP contribution in [0.25, 0.3) is 0 Å². The molecule has 27 heavy (non-hydrogen) atoms. The third-order valence-corrected chi connectivity index (χ3v) is 9.15. The minimum Gasteiger partial charge on any atom is -0.512 e. The van der Waals surface area contributed by atoms with Crippen molar-refractivity contribution in [3.05, 3.63) is 79.4 Å². The van der Waals surface area contributed by atoms with Crippen LogP contribution < -0.4 is 10.4 Å². The van der Waals surface area contributed by atoms with Crippen LogP contribution in [-0.2, 0) is 21.5 Å². The zero-order chi connectivity index (χ0) is 18.8. The van der Waals surface area contributed by atoms with E-state index in [-0.39, 0.29) is 41.0 Å². The number of benzene rings is 2. The molecule has 0 atom stereocenters. The van der Waals surface area contributed by atoms with E-state index < -0.39 is 8.32 Å². The van der Waals surface area contributed by atoms with E-state index in [2.05, 4.69) is 94.4 Å². The van der Waals surface area contributed by atoms with Crippen LogP contribution >= 0.6 is 0 Å². The molecule has 0 N–H and O–H groups in total. The van der Waals surface area contributed by atoms with Crippen LogP contribution in [0.5, 0.6) is 0 Å². The van der Waals surface area contributed by atoms with E-state index in [1.165, 1.54) is 10.4 Å². The second kappa shape index (κ2) is 14.0. The summed E-state index contributed by atoms with van der Waals surface area (Å²) in [6.45, 7) is 14.4. The molecule has 2 aromatic rings. The monoisotopic (exact) mass is 419 g/mol. The van der Waals surface area contributed by atoms with Gasteiger partial charge in [0.1, 0.15) is 0 Å². The quantitative estimate of drug-likeness (QED) is 0.522. The SMILES string of the molecule is CC[C-]=CCO[Si](c1ccccc1)(c1ccccc1)C(C)(C)C.[C-]#N.[Cu+2].[Li]. The van der Waals surface area contributed by atoms with Gasteiger partial charge in [0.05, 0.1) is 0 Å². The van der Waals surface area contributed by atoms with Gasteiger partial charge in [-0.05, 0) is 15.4 Å². The fourth-order valence-electron chi connectivity index (χ4n) is 3.13. The third kappa shape index (κ3) is 7.13. The van der Waals surface area contributed by atoms with E-state index in [4.69, 9.17) is 16.3 Å². The van der Waals surface area contributed by atoms with Crippen molar-refractivity contribution in [3.63, 3.8) is 0 Å². The molecule has 0 aliphatic heterocycles. The van der Waals surface area contributed by atoms with Crippen molar-refractivity contribution in [1.82, 2.24) is 0 Å². The van der Waals surface area contributed by atoms with Crippen LogP contribution in [-0.4, -0.2) is 33.8 Å². The Morgan fingerprint density at radius 2 is 1.37 bits per heavy atom. The van der Waals surface area contributed by atoms with Gasteiger partial charge in [-0.15, -0.1) is 0 Å². The molecule has 2 aromatic carbocycles. The van der Waals surface area contributed by atoms with Crippen molar-refractivity contribution in [2.75, 3.05) is 6.61 Å². The van der Waals surface area contributed by atoms with Gasteiger partial charge in [0.25, 0.3) is 8.32 Å². The molecule has 0 unspecified atom stereocenters. The van der Waals surface area contributed by atoms with Crippen molar-refractivity contribution in [1.29, 1.82) is 5.26 Å². The van der Waals surface area contributed by atoms with Crippen LogP contribution in [0.4, 0.5) is 0 Å². The molecule has 2 rings (SSSR count). The Morgan fingerprint density at radius 1 is 0.963 bits per heavy atom. The summed E-state index contributed by atoms with van der Waals surface area (Å²) in [7, 11) is -2.37. The van der Waals surface area contributed by atoms with E-state index in [1.54, 1.807) is 0 Å². The average Bonchev–Trinajstić information content (AvgIpc) is 2.64. The van der Waals surface area contributed by atoms with Crippen LogP contribution in [0, 0.1) is 17.9 Å². The molecule has 0 amide bonds. The molecular weight excluding hydrogens is 393 g/mol. The number of allylic oxidation sites excluding steroid dienone is 1. The molecule has 0 aromatic heterocycles. The van der Waals surface area contributed by atoms with Gasteiger partial charge in [0.15, 0.2) is 0 Å². The maximum Gasteiger partial charge on any atom is 2.00 e. The van der Waals surface area contributed by atoms with Gasteiger partial charge < -0.3 is 22.3 Å². The van der Waals surface area contributed by atoms with Crippen molar-refractivity contribution >= 4 is 37.6 Å². The molecule has 2 nitrogen and oxygen atoms in total. The second-order valence-electron chi connectivity index (χ2n) is 6.74.